The number of nitrogens with zero attached hydrogens (tertiary/aromatic N) is 3. The summed E-state index contributed by atoms with van der Waals surface area (Å²) in [7, 11) is 0. The Hall–Kier alpha value is -2.95. The molecule has 0 spiro atoms. The number of nitrogens with two attached hydrogens (primary N) is 1. The van der Waals surface area contributed by atoms with Gasteiger partial charge in [-0.3, -0.25) is 9.59 Å². The molecule has 1 saturated carbocycles. The van der Waals surface area contributed by atoms with Crippen LogP contribution in [0.2, 0.25) is 0 Å². The maximum absolute atomic E-state index is 13.8. The number of amides is 1. The van der Waals surface area contributed by atoms with Gasteiger partial charge in [0.1, 0.15) is 11.9 Å². The summed E-state index contributed by atoms with van der Waals surface area (Å²) in [5.74, 6) is -1.98. The summed E-state index contributed by atoms with van der Waals surface area (Å²) in [6.45, 7) is 0.302. The summed E-state index contributed by atoms with van der Waals surface area (Å²) in [6.07, 6.45) is 4.70. The number of carboxylic acid groups (broad SMARTS) is 1. The number of rotatable bonds is 6. The van der Waals surface area contributed by atoms with E-state index in [1.165, 1.54) is 6.42 Å². The number of carbonyl (C=O) groups excluding carboxylic acids is 1. The van der Waals surface area contributed by atoms with Crippen LogP contribution < -0.4 is 5.73 Å². The number of hydrogen-bond donors (Lipinski definition) is 2. The first-order chi connectivity index (χ1) is 15.3. The third-order valence-electron chi connectivity index (χ3n) is 5.79. The maximum Gasteiger partial charge on any atom is 0.290 e. The number of halogens is 3. The molecule has 2 unspecified atom stereocenters. The van der Waals surface area contributed by atoms with Gasteiger partial charge in [-0.05, 0) is 43.7 Å². The van der Waals surface area contributed by atoms with Crippen molar-refractivity contribution in [2.45, 2.75) is 62.9 Å². The summed E-state index contributed by atoms with van der Waals surface area (Å²) in [5.41, 5.74) is 5.95. The SMILES string of the molecule is NC(CC(=O)N1CCCC1c1nc(C2CCC2)no1)Cc1cc(F)c(F)cc1F.O=CO. The normalized spacial score (nSPS) is 19.1. The Bertz CT molecular complexity index is 951. The van der Waals surface area contributed by atoms with E-state index in [0.717, 1.165) is 31.7 Å². The minimum Gasteiger partial charge on any atom is -0.483 e. The predicted octanol–water partition coefficient (Wildman–Crippen LogP) is 3.08. The third-order valence-corrected chi connectivity index (χ3v) is 5.79. The lowest BCUT2D eigenvalue weighted by Crippen LogP contribution is -2.36. The fourth-order valence-corrected chi connectivity index (χ4v) is 3.95. The van der Waals surface area contributed by atoms with E-state index in [0.29, 0.717) is 30.2 Å². The van der Waals surface area contributed by atoms with Crippen LogP contribution in [0.15, 0.2) is 16.7 Å². The van der Waals surface area contributed by atoms with Crippen molar-refractivity contribution < 1.29 is 32.4 Å². The highest BCUT2D eigenvalue weighted by atomic mass is 19.2. The molecule has 32 heavy (non-hydrogen) atoms. The molecular formula is C21H25F3N4O4. The van der Waals surface area contributed by atoms with Crippen molar-refractivity contribution in [2.75, 3.05) is 6.54 Å². The molecule has 1 aromatic heterocycles. The van der Waals surface area contributed by atoms with Gasteiger partial charge >= 0.3 is 0 Å². The number of benzene rings is 1. The van der Waals surface area contributed by atoms with Crippen molar-refractivity contribution in [3.63, 3.8) is 0 Å². The summed E-state index contributed by atoms with van der Waals surface area (Å²) in [5, 5.41) is 11.0. The van der Waals surface area contributed by atoms with Crippen LogP contribution in [0.3, 0.4) is 0 Å². The summed E-state index contributed by atoms with van der Waals surface area (Å²) in [6, 6.07) is 0.270. The molecule has 1 aliphatic carbocycles. The molecule has 2 atom stereocenters. The first-order valence-electron chi connectivity index (χ1n) is 10.4. The second-order valence-corrected chi connectivity index (χ2v) is 8.00. The first kappa shape index (κ1) is 23.7. The van der Waals surface area contributed by atoms with Crippen LogP contribution in [0.1, 0.15) is 67.8 Å². The highest BCUT2D eigenvalue weighted by Gasteiger charge is 2.35. The molecule has 4 rings (SSSR count). The van der Waals surface area contributed by atoms with Crippen molar-refractivity contribution >= 4 is 12.4 Å². The van der Waals surface area contributed by atoms with Crippen LogP contribution in [0, 0.1) is 17.5 Å². The Morgan fingerprint density at radius 2 is 1.91 bits per heavy atom. The second-order valence-electron chi connectivity index (χ2n) is 8.00. The highest BCUT2D eigenvalue weighted by molar-refractivity contribution is 5.77. The van der Waals surface area contributed by atoms with Crippen LogP contribution >= 0.6 is 0 Å². The van der Waals surface area contributed by atoms with E-state index < -0.39 is 23.5 Å². The van der Waals surface area contributed by atoms with Crippen LogP contribution in [-0.4, -0.2) is 45.1 Å². The second kappa shape index (κ2) is 10.6. The molecule has 2 fully saturated rings. The van der Waals surface area contributed by atoms with E-state index in [1.54, 1.807) is 4.90 Å². The molecule has 11 heteroatoms. The van der Waals surface area contributed by atoms with E-state index in [-0.39, 0.29) is 36.8 Å². The smallest absolute Gasteiger partial charge is 0.290 e. The molecule has 1 saturated heterocycles. The van der Waals surface area contributed by atoms with Crippen molar-refractivity contribution in [3.05, 3.63) is 46.9 Å². The lowest BCUT2D eigenvalue weighted by Gasteiger charge is -2.24. The van der Waals surface area contributed by atoms with E-state index in [1.807, 2.05) is 0 Å². The Balaban J connectivity index is 0.000000913. The van der Waals surface area contributed by atoms with Gasteiger partial charge in [0.05, 0.1) is 0 Å². The Kier molecular flexibility index (Phi) is 7.84. The van der Waals surface area contributed by atoms with Gasteiger partial charge in [0.25, 0.3) is 6.47 Å². The fourth-order valence-electron chi connectivity index (χ4n) is 3.95. The maximum atomic E-state index is 13.8. The average Bonchev–Trinajstić information content (AvgIpc) is 3.34. The molecule has 174 valence electrons. The largest absolute Gasteiger partial charge is 0.483 e. The van der Waals surface area contributed by atoms with E-state index in [2.05, 4.69) is 10.1 Å². The summed E-state index contributed by atoms with van der Waals surface area (Å²) in [4.78, 5) is 27.3. The van der Waals surface area contributed by atoms with Gasteiger partial charge in [-0.1, -0.05) is 11.6 Å². The lowest BCUT2D eigenvalue weighted by molar-refractivity contribution is -0.133. The highest BCUT2D eigenvalue weighted by Crippen LogP contribution is 2.37. The van der Waals surface area contributed by atoms with Crippen molar-refractivity contribution in [2.24, 2.45) is 5.73 Å². The number of likely N-dealkylation sites (tertiary alicyclic amines) is 1. The number of carbonyl (C=O) groups is 2. The third kappa shape index (κ3) is 5.45. The van der Waals surface area contributed by atoms with Gasteiger partial charge in [0, 0.05) is 31.0 Å². The van der Waals surface area contributed by atoms with Crippen molar-refractivity contribution in [1.29, 1.82) is 0 Å². The number of aromatic nitrogens is 2. The molecule has 1 amide bonds. The van der Waals surface area contributed by atoms with Crippen LogP contribution in [-0.2, 0) is 16.0 Å². The monoisotopic (exact) mass is 454 g/mol. The van der Waals surface area contributed by atoms with Crippen LogP contribution in [0.4, 0.5) is 13.2 Å². The van der Waals surface area contributed by atoms with Gasteiger partial charge in [-0.2, -0.15) is 4.98 Å². The van der Waals surface area contributed by atoms with Crippen molar-refractivity contribution in [3.8, 4) is 0 Å². The average molecular weight is 454 g/mol. The fraction of sp³-hybridized carbons (Fsp3) is 0.524. The van der Waals surface area contributed by atoms with Gasteiger partial charge in [0.2, 0.25) is 11.8 Å². The Labute approximate surface area is 182 Å². The molecular weight excluding hydrogens is 429 g/mol. The minimum absolute atomic E-state index is 0.0431. The van der Waals surface area contributed by atoms with Crippen molar-refractivity contribution in [1.82, 2.24) is 15.0 Å². The van der Waals surface area contributed by atoms with Crippen LogP contribution in [0.5, 0.6) is 0 Å². The van der Waals surface area contributed by atoms with Gasteiger partial charge < -0.3 is 20.3 Å². The molecule has 8 nitrogen and oxygen atoms in total. The summed E-state index contributed by atoms with van der Waals surface area (Å²) < 4.78 is 45.7. The van der Waals surface area contributed by atoms with E-state index in [4.69, 9.17) is 20.2 Å². The quantitative estimate of drug-likeness (QED) is 0.508. The van der Waals surface area contributed by atoms with Gasteiger partial charge in [-0.15, -0.1) is 0 Å². The predicted molar refractivity (Wildman–Crippen MR) is 106 cm³/mol. The van der Waals surface area contributed by atoms with Crippen LogP contribution in [0.25, 0.3) is 0 Å². The summed E-state index contributed by atoms with van der Waals surface area (Å²) >= 11 is 0. The zero-order valence-electron chi connectivity index (χ0n) is 17.3. The topological polar surface area (TPSA) is 123 Å². The standard InChI is InChI=1S/C20H23F3N4O2.CH2O2/c21-14-10-16(23)15(22)8-12(14)7-13(24)9-18(28)27-6-2-5-17(27)20-25-19(26-29-20)11-3-1-4-11;2-1-3/h8,10-11,13,17H,1-7,9,24H2;1H,(H,2,3). The minimum atomic E-state index is -1.25. The van der Waals surface area contributed by atoms with Gasteiger partial charge in [-0.25, -0.2) is 13.2 Å². The molecule has 2 aliphatic rings. The Morgan fingerprint density at radius 1 is 1.22 bits per heavy atom. The molecule has 3 N–H and O–H groups in total. The zero-order valence-corrected chi connectivity index (χ0v) is 17.3. The first-order valence-corrected chi connectivity index (χ1v) is 10.4. The molecule has 1 aliphatic heterocycles. The molecule has 2 aromatic rings. The molecule has 0 bridgehead atoms. The molecule has 0 radical (unpaired) electrons. The molecule has 1 aromatic carbocycles. The lowest BCUT2D eigenvalue weighted by atomic mass is 9.85. The van der Waals surface area contributed by atoms with E-state index >= 15 is 0 Å². The number of hydrogen-bond acceptors (Lipinski definition) is 6. The van der Waals surface area contributed by atoms with Gasteiger partial charge in [0.15, 0.2) is 17.5 Å². The molecule has 2 heterocycles. The Morgan fingerprint density at radius 3 is 2.56 bits per heavy atom. The van der Waals surface area contributed by atoms with E-state index in [9.17, 15) is 18.0 Å². The zero-order chi connectivity index (χ0) is 23.3.